The highest BCUT2D eigenvalue weighted by Crippen LogP contribution is 2.43. The standard InChI is InChI=1S/C28H32N6O4/c1-16(33-15-24(35)34-10-2-3-21(34)14-29)13-28(27(32)38)22-8-6-19(25(30)36)11-17(22)4-5-18-12-20(26(31)37)7-9-23(18)28/h6-9,11-12,16,21,33H,2-5,10,13,15H2,1H3,(H2,30,36)(H2,31,37)(H2,32,38)/t16-,21-/m0/s1. The van der Waals surface area contributed by atoms with Crippen LogP contribution in [0.1, 0.15) is 69.2 Å². The van der Waals surface area contributed by atoms with Crippen molar-refractivity contribution in [2.24, 2.45) is 17.2 Å². The molecule has 0 unspecified atom stereocenters. The summed E-state index contributed by atoms with van der Waals surface area (Å²) in [6, 6.07) is 11.4. The summed E-state index contributed by atoms with van der Waals surface area (Å²) in [7, 11) is 0. The lowest BCUT2D eigenvalue weighted by molar-refractivity contribution is -0.130. The number of primary amides is 3. The van der Waals surface area contributed by atoms with Crippen molar-refractivity contribution in [1.29, 1.82) is 5.26 Å². The molecule has 0 bridgehead atoms. The Kier molecular flexibility index (Phi) is 7.51. The zero-order valence-corrected chi connectivity index (χ0v) is 21.3. The summed E-state index contributed by atoms with van der Waals surface area (Å²) in [5, 5.41) is 12.5. The molecule has 4 amide bonds. The molecule has 2 atom stereocenters. The van der Waals surface area contributed by atoms with E-state index in [1.165, 1.54) is 0 Å². The van der Waals surface area contributed by atoms with Gasteiger partial charge in [-0.2, -0.15) is 5.26 Å². The number of nitrogens with one attached hydrogen (secondary N) is 1. The minimum Gasteiger partial charge on any atom is -0.369 e. The number of benzene rings is 2. The van der Waals surface area contributed by atoms with E-state index in [0.717, 1.165) is 17.5 Å². The molecular weight excluding hydrogens is 484 g/mol. The molecule has 10 heteroatoms. The van der Waals surface area contributed by atoms with Gasteiger partial charge < -0.3 is 27.4 Å². The minimum absolute atomic E-state index is 0.00906. The highest BCUT2D eigenvalue weighted by molar-refractivity contribution is 5.96. The van der Waals surface area contributed by atoms with Crippen molar-refractivity contribution in [2.75, 3.05) is 13.1 Å². The number of rotatable bonds is 8. The van der Waals surface area contributed by atoms with Crippen LogP contribution < -0.4 is 22.5 Å². The van der Waals surface area contributed by atoms with Crippen LogP contribution in [0.5, 0.6) is 0 Å². The highest BCUT2D eigenvalue weighted by atomic mass is 16.2. The summed E-state index contributed by atoms with van der Waals surface area (Å²) in [6.07, 6.45) is 2.65. The van der Waals surface area contributed by atoms with Crippen LogP contribution in [-0.2, 0) is 27.8 Å². The van der Waals surface area contributed by atoms with Gasteiger partial charge in [0.25, 0.3) is 0 Å². The van der Waals surface area contributed by atoms with Crippen LogP contribution in [0.3, 0.4) is 0 Å². The molecule has 1 fully saturated rings. The number of nitrogens with two attached hydrogens (primary N) is 3. The Balaban J connectivity index is 1.74. The number of nitriles is 1. The fourth-order valence-corrected chi connectivity index (χ4v) is 5.83. The maximum Gasteiger partial charge on any atom is 0.248 e. The van der Waals surface area contributed by atoms with Gasteiger partial charge in [0.05, 0.1) is 12.6 Å². The molecule has 0 spiro atoms. The number of nitrogens with zero attached hydrogens (tertiary/aromatic N) is 2. The number of carbonyl (C=O) groups is 4. The van der Waals surface area contributed by atoms with Crippen molar-refractivity contribution in [2.45, 2.75) is 56.5 Å². The molecule has 0 saturated carbocycles. The van der Waals surface area contributed by atoms with E-state index in [0.29, 0.717) is 48.1 Å². The molecule has 1 saturated heterocycles. The average Bonchev–Trinajstić information content (AvgIpc) is 3.33. The third-order valence-corrected chi connectivity index (χ3v) is 7.72. The Bertz CT molecular complexity index is 1280. The molecule has 10 nitrogen and oxygen atoms in total. The van der Waals surface area contributed by atoms with Crippen LogP contribution >= 0.6 is 0 Å². The van der Waals surface area contributed by atoms with Gasteiger partial charge in [-0.15, -0.1) is 0 Å². The quantitative estimate of drug-likeness (QED) is 0.399. The first-order valence-corrected chi connectivity index (χ1v) is 12.7. The molecule has 1 aliphatic heterocycles. The van der Waals surface area contributed by atoms with Crippen molar-refractivity contribution < 1.29 is 19.2 Å². The summed E-state index contributed by atoms with van der Waals surface area (Å²) < 4.78 is 0. The van der Waals surface area contributed by atoms with E-state index in [1.54, 1.807) is 41.3 Å². The summed E-state index contributed by atoms with van der Waals surface area (Å²) in [5.41, 5.74) is 19.4. The molecule has 1 aliphatic carbocycles. The molecule has 2 aliphatic rings. The second-order valence-corrected chi connectivity index (χ2v) is 10.1. The molecule has 0 aromatic heterocycles. The predicted octanol–water partition coefficient (Wildman–Crippen LogP) is 0.637. The van der Waals surface area contributed by atoms with E-state index >= 15 is 0 Å². The topological polar surface area (TPSA) is 185 Å². The first-order valence-electron chi connectivity index (χ1n) is 12.7. The number of carbonyl (C=O) groups excluding carboxylic acids is 4. The van der Waals surface area contributed by atoms with Crippen LogP contribution in [0.2, 0.25) is 0 Å². The van der Waals surface area contributed by atoms with Crippen LogP contribution in [0.15, 0.2) is 36.4 Å². The van der Waals surface area contributed by atoms with E-state index in [-0.39, 0.29) is 24.9 Å². The SMILES string of the molecule is C[C@@H](CC1(C(N)=O)c2ccc(C(N)=O)cc2CCc2cc(C(N)=O)ccc21)NCC(=O)N1CCC[C@H]1C#N. The van der Waals surface area contributed by atoms with Crippen molar-refractivity contribution in [3.8, 4) is 6.07 Å². The number of hydrogen-bond acceptors (Lipinski definition) is 6. The number of aryl methyl sites for hydroxylation is 2. The number of likely N-dealkylation sites (tertiary alicyclic amines) is 1. The number of fused-ring (bicyclic) bond motifs is 2. The Morgan fingerprint density at radius 1 is 1.03 bits per heavy atom. The van der Waals surface area contributed by atoms with E-state index in [2.05, 4.69) is 11.4 Å². The van der Waals surface area contributed by atoms with Crippen molar-refractivity contribution >= 4 is 23.6 Å². The van der Waals surface area contributed by atoms with Gasteiger partial charge in [-0.1, -0.05) is 12.1 Å². The Labute approximate surface area is 221 Å². The Hall–Kier alpha value is -4.23. The molecule has 2 aromatic rings. The summed E-state index contributed by atoms with van der Waals surface area (Å²) in [5.74, 6) is -1.93. The Morgan fingerprint density at radius 2 is 1.58 bits per heavy atom. The lowest BCUT2D eigenvalue weighted by Gasteiger charge is -2.36. The molecule has 38 heavy (non-hydrogen) atoms. The van der Waals surface area contributed by atoms with Gasteiger partial charge in [-0.25, -0.2) is 0 Å². The normalized spacial score (nSPS) is 18.4. The molecule has 4 rings (SSSR count). The third kappa shape index (κ3) is 4.85. The summed E-state index contributed by atoms with van der Waals surface area (Å²) >= 11 is 0. The summed E-state index contributed by atoms with van der Waals surface area (Å²) in [6.45, 7) is 2.42. The summed E-state index contributed by atoms with van der Waals surface area (Å²) in [4.78, 5) is 51.6. The van der Waals surface area contributed by atoms with Gasteiger partial charge in [-0.3, -0.25) is 19.2 Å². The van der Waals surface area contributed by atoms with Crippen molar-refractivity contribution in [1.82, 2.24) is 10.2 Å². The zero-order chi connectivity index (χ0) is 27.6. The van der Waals surface area contributed by atoms with Gasteiger partial charge in [0.1, 0.15) is 11.5 Å². The number of amides is 4. The second kappa shape index (κ2) is 10.6. The van der Waals surface area contributed by atoms with Gasteiger partial charge in [0.2, 0.25) is 23.6 Å². The first kappa shape index (κ1) is 26.8. The zero-order valence-electron chi connectivity index (χ0n) is 21.3. The molecule has 1 heterocycles. The molecule has 2 aromatic carbocycles. The van der Waals surface area contributed by atoms with Crippen LogP contribution in [0.25, 0.3) is 0 Å². The van der Waals surface area contributed by atoms with Gasteiger partial charge >= 0.3 is 0 Å². The molecule has 7 N–H and O–H groups in total. The molecular formula is C28H32N6O4. The van der Waals surface area contributed by atoms with Gasteiger partial charge in [-0.05, 0) is 85.5 Å². The smallest absolute Gasteiger partial charge is 0.248 e. The molecule has 0 radical (unpaired) electrons. The van der Waals surface area contributed by atoms with E-state index in [4.69, 9.17) is 17.2 Å². The van der Waals surface area contributed by atoms with Crippen LogP contribution in [0.4, 0.5) is 0 Å². The van der Waals surface area contributed by atoms with Gasteiger partial charge in [0, 0.05) is 23.7 Å². The largest absolute Gasteiger partial charge is 0.369 e. The molecule has 198 valence electrons. The fraction of sp³-hybridized carbons (Fsp3) is 0.393. The second-order valence-electron chi connectivity index (χ2n) is 10.1. The van der Waals surface area contributed by atoms with E-state index in [1.807, 2.05) is 6.92 Å². The van der Waals surface area contributed by atoms with Crippen molar-refractivity contribution in [3.05, 3.63) is 69.8 Å². The predicted molar refractivity (Wildman–Crippen MR) is 140 cm³/mol. The monoisotopic (exact) mass is 516 g/mol. The third-order valence-electron chi connectivity index (χ3n) is 7.72. The average molecular weight is 517 g/mol. The maximum atomic E-state index is 13.5. The number of hydrogen-bond donors (Lipinski definition) is 4. The Morgan fingerprint density at radius 3 is 2.05 bits per heavy atom. The maximum absolute atomic E-state index is 13.5. The van der Waals surface area contributed by atoms with Gasteiger partial charge in [0.15, 0.2) is 0 Å². The first-order chi connectivity index (χ1) is 18.1. The fourth-order valence-electron chi connectivity index (χ4n) is 5.83. The van der Waals surface area contributed by atoms with Crippen LogP contribution in [0, 0.1) is 11.3 Å². The minimum atomic E-state index is -1.31. The lowest BCUT2D eigenvalue weighted by atomic mass is 9.68. The highest BCUT2D eigenvalue weighted by Gasteiger charge is 2.46. The van der Waals surface area contributed by atoms with E-state index < -0.39 is 29.2 Å². The lowest BCUT2D eigenvalue weighted by Crippen LogP contribution is -2.49. The van der Waals surface area contributed by atoms with Crippen LogP contribution in [-0.4, -0.2) is 53.7 Å². The van der Waals surface area contributed by atoms with E-state index in [9.17, 15) is 24.4 Å². The van der Waals surface area contributed by atoms with Crippen molar-refractivity contribution in [3.63, 3.8) is 0 Å².